The highest BCUT2D eigenvalue weighted by Crippen LogP contribution is 2.23. The molecule has 2 aromatic heterocycles. The number of ether oxygens (including phenoxy) is 1. The Bertz CT molecular complexity index is 552. The molecule has 0 aliphatic heterocycles. The fraction of sp³-hybridized carbons (Fsp3) is 0.600. The molecule has 2 aromatic rings. The quantitative estimate of drug-likeness (QED) is 0.762. The Labute approximate surface area is 103 Å². The fourth-order valence-corrected chi connectivity index (χ4v) is 2.09. The van der Waals surface area contributed by atoms with Crippen LogP contribution in [0.4, 0.5) is 0 Å². The van der Waals surface area contributed by atoms with Gasteiger partial charge in [-0.3, -0.25) is 0 Å². The van der Waals surface area contributed by atoms with Crippen LogP contribution in [0.25, 0.3) is 4.96 Å². The molecule has 0 radical (unpaired) electrons. The second-order valence-electron chi connectivity index (χ2n) is 4.60. The zero-order valence-electron chi connectivity index (χ0n) is 10.2. The summed E-state index contributed by atoms with van der Waals surface area (Å²) in [6.07, 6.45) is 0. The Hall–Kier alpha value is -1.50. The summed E-state index contributed by atoms with van der Waals surface area (Å²) >= 11 is 1.19. The smallest absolute Gasteiger partial charge is 0.369 e. The van der Waals surface area contributed by atoms with Gasteiger partial charge in [-0.15, -0.1) is 15.3 Å². The fourth-order valence-electron chi connectivity index (χ4n) is 1.36. The first-order valence-electron chi connectivity index (χ1n) is 5.33. The van der Waals surface area contributed by atoms with Gasteiger partial charge in [0.2, 0.25) is 9.97 Å². The van der Waals surface area contributed by atoms with Crippen molar-refractivity contribution in [3.63, 3.8) is 0 Å². The van der Waals surface area contributed by atoms with Crippen molar-refractivity contribution in [2.75, 3.05) is 6.61 Å². The average Bonchev–Trinajstić information content (AvgIpc) is 2.73. The van der Waals surface area contributed by atoms with Crippen LogP contribution in [0.3, 0.4) is 0 Å². The van der Waals surface area contributed by atoms with Gasteiger partial charge in [-0.25, -0.2) is 4.79 Å². The third-order valence-electron chi connectivity index (χ3n) is 2.11. The van der Waals surface area contributed by atoms with E-state index in [9.17, 15) is 4.79 Å². The van der Waals surface area contributed by atoms with E-state index in [1.54, 1.807) is 11.4 Å². The Balaban J connectivity index is 2.45. The number of rotatable bonds is 2. The summed E-state index contributed by atoms with van der Waals surface area (Å²) in [5, 5.41) is 12.6. The van der Waals surface area contributed by atoms with Crippen LogP contribution in [0.1, 0.15) is 43.3 Å². The van der Waals surface area contributed by atoms with E-state index in [2.05, 4.69) is 15.3 Å². The molecule has 0 atom stereocenters. The van der Waals surface area contributed by atoms with Crippen molar-refractivity contribution in [2.45, 2.75) is 33.1 Å². The van der Waals surface area contributed by atoms with Gasteiger partial charge in [-0.05, 0) is 6.92 Å². The van der Waals surface area contributed by atoms with E-state index < -0.39 is 5.97 Å². The molecule has 7 heteroatoms. The number of carbonyl (C=O) groups excluding carboxylic acids is 1. The molecule has 0 N–H and O–H groups in total. The molecular formula is C10H14N4O2S. The van der Waals surface area contributed by atoms with Crippen LogP contribution in [-0.4, -0.2) is 32.4 Å². The first-order valence-corrected chi connectivity index (χ1v) is 6.15. The number of carbonyl (C=O) groups is 1. The molecule has 2 heterocycles. The van der Waals surface area contributed by atoms with Crippen molar-refractivity contribution in [2.24, 2.45) is 0 Å². The second-order valence-corrected chi connectivity index (χ2v) is 5.55. The maximum Gasteiger partial charge on any atom is 0.369 e. The van der Waals surface area contributed by atoms with Crippen LogP contribution < -0.4 is 0 Å². The molecule has 6 nitrogen and oxygen atoms in total. The minimum Gasteiger partial charge on any atom is -0.461 e. The molecule has 0 saturated heterocycles. The van der Waals surface area contributed by atoms with Crippen LogP contribution >= 0.6 is 11.3 Å². The van der Waals surface area contributed by atoms with Crippen LogP contribution in [0.15, 0.2) is 0 Å². The zero-order chi connectivity index (χ0) is 12.6. The van der Waals surface area contributed by atoms with E-state index in [0.717, 1.165) is 5.82 Å². The van der Waals surface area contributed by atoms with Gasteiger partial charge in [-0.2, -0.15) is 4.52 Å². The summed E-state index contributed by atoms with van der Waals surface area (Å²) in [7, 11) is 0. The molecule has 92 valence electrons. The molecule has 17 heavy (non-hydrogen) atoms. The normalized spacial score (nSPS) is 12.0. The molecule has 0 saturated carbocycles. The summed E-state index contributed by atoms with van der Waals surface area (Å²) in [6, 6.07) is 0. The highest BCUT2D eigenvalue weighted by molar-refractivity contribution is 7.18. The lowest BCUT2D eigenvalue weighted by Gasteiger charge is -2.13. The summed E-state index contributed by atoms with van der Waals surface area (Å²) in [4.78, 5) is 12.1. The minimum absolute atomic E-state index is 0.167. The largest absolute Gasteiger partial charge is 0.461 e. The Kier molecular flexibility index (Phi) is 2.86. The van der Waals surface area contributed by atoms with Gasteiger partial charge >= 0.3 is 5.97 Å². The molecule has 2 rings (SSSR count). The summed E-state index contributed by atoms with van der Waals surface area (Å²) in [6.45, 7) is 8.16. The monoisotopic (exact) mass is 254 g/mol. The number of hydrogen-bond donors (Lipinski definition) is 0. The minimum atomic E-state index is -0.414. The van der Waals surface area contributed by atoms with E-state index >= 15 is 0 Å². The van der Waals surface area contributed by atoms with Crippen molar-refractivity contribution in [3.05, 3.63) is 10.8 Å². The Morgan fingerprint density at radius 1 is 1.41 bits per heavy atom. The maximum absolute atomic E-state index is 11.5. The second kappa shape index (κ2) is 4.06. The van der Waals surface area contributed by atoms with E-state index in [-0.39, 0.29) is 5.41 Å². The van der Waals surface area contributed by atoms with Crippen molar-refractivity contribution >= 4 is 22.3 Å². The number of nitrogens with zero attached hydrogens (tertiary/aromatic N) is 4. The third kappa shape index (κ3) is 2.14. The van der Waals surface area contributed by atoms with Crippen LogP contribution in [0.2, 0.25) is 0 Å². The number of fused-ring (bicyclic) bond motifs is 1. The highest BCUT2D eigenvalue weighted by Gasteiger charge is 2.24. The number of hydrogen-bond acceptors (Lipinski definition) is 6. The lowest BCUT2D eigenvalue weighted by Crippen LogP contribution is -2.17. The van der Waals surface area contributed by atoms with Crippen molar-refractivity contribution in [1.29, 1.82) is 0 Å². The highest BCUT2D eigenvalue weighted by atomic mass is 32.1. The van der Waals surface area contributed by atoms with E-state index in [1.165, 1.54) is 11.3 Å². The molecule has 0 unspecified atom stereocenters. The topological polar surface area (TPSA) is 69.4 Å². The van der Waals surface area contributed by atoms with E-state index in [1.807, 2.05) is 20.8 Å². The lowest BCUT2D eigenvalue weighted by molar-refractivity contribution is 0.0524. The van der Waals surface area contributed by atoms with Crippen LogP contribution in [-0.2, 0) is 10.2 Å². The molecule has 0 fully saturated rings. The SMILES string of the molecule is CCOC(=O)c1nn2c(C(C)(C)C)nnc2s1. The Morgan fingerprint density at radius 3 is 2.71 bits per heavy atom. The first-order chi connectivity index (χ1) is 7.93. The number of esters is 1. The molecular weight excluding hydrogens is 240 g/mol. The maximum atomic E-state index is 11.5. The van der Waals surface area contributed by atoms with Crippen molar-refractivity contribution < 1.29 is 9.53 Å². The van der Waals surface area contributed by atoms with Gasteiger partial charge in [0.15, 0.2) is 5.82 Å². The summed E-state index contributed by atoms with van der Waals surface area (Å²) in [5.41, 5.74) is -0.167. The first kappa shape index (κ1) is 12.0. The summed E-state index contributed by atoms with van der Waals surface area (Å²) in [5.74, 6) is 0.321. The van der Waals surface area contributed by atoms with Crippen LogP contribution in [0, 0.1) is 0 Å². The van der Waals surface area contributed by atoms with Gasteiger partial charge in [-0.1, -0.05) is 32.1 Å². The van der Waals surface area contributed by atoms with E-state index in [4.69, 9.17) is 4.74 Å². The summed E-state index contributed by atoms with van der Waals surface area (Å²) < 4.78 is 6.51. The van der Waals surface area contributed by atoms with Gasteiger partial charge in [0.1, 0.15) is 0 Å². The third-order valence-corrected chi connectivity index (χ3v) is 2.99. The molecule has 0 aromatic carbocycles. The van der Waals surface area contributed by atoms with Crippen molar-refractivity contribution in [1.82, 2.24) is 19.8 Å². The zero-order valence-corrected chi connectivity index (χ0v) is 11.0. The van der Waals surface area contributed by atoms with Crippen molar-refractivity contribution in [3.8, 4) is 0 Å². The van der Waals surface area contributed by atoms with Gasteiger partial charge in [0.05, 0.1) is 6.61 Å². The van der Waals surface area contributed by atoms with Gasteiger partial charge < -0.3 is 4.74 Å². The lowest BCUT2D eigenvalue weighted by atomic mass is 9.96. The van der Waals surface area contributed by atoms with Gasteiger partial charge in [0, 0.05) is 5.41 Å². The molecule has 0 bridgehead atoms. The number of aromatic nitrogens is 4. The van der Waals surface area contributed by atoms with E-state index in [0.29, 0.717) is 16.6 Å². The predicted octanol–water partition coefficient (Wildman–Crippen LogP) is 1.66. The Morgan fingerprint density at radius 2 is 2.12 bits per heavy atom. The van der Waals surface area contributed by atoms with Crippen LogP contribution in [0.5, 0.6) is 0 Å². The average molecular weight is 254 g/mol. The molecule has 0 aliphatic carbocycles. The van der Waals surface area contributed by atoms with Gasteiger partial charge in [0.25, 0.3) is 0 Å². The standard InChI is InChI=1S/C10H14N4O2S/c1-5-16-7(15)6-13-14-8(10(2,3)4)11-12-9(14)17-6/h5H2,1-4H3. The molecule has 0 spiro atoms. The molecule has 0 amide bonds. The predicted molar refractivity (Wildman–Crippen MR) is 63.3 cm³/mol. The molecule has 0 aliphatic rings.